The van der Waals surface area contributed by atoms with Crippen molar-refractivity contribution >= 4 is 17.1 Å². The topological polar surface area (TPSA) is 55.6 Å². The van der Waals surface area contributed by atoms with Crippen molar-refractivity contribution in [3.63, 3.8) is 0 Å². The van der Waals surface area contributed by atoms with Crippen LogP contribution in [0.5, 0.6) is 0 Å². The van der Waals surface area contributed by atoms with Crippen LogP contribution in [-0.4, -0.2) is 41.6 Å². The molecule has 2 saturated heterocycles. The van der Waals surface area contributed by atoms with Gasteiger partial charge in [-0.05, 0) is 38.1 Å². The van der Waals surface area contributed by atoms with Gasteiger partial charge in [-0.1, -0.05) is 12.1 Å². The Labute approximate surface area is 122 Å². The second-order valence-corrected chi connectivity index (χ2v) is 5.80. The summed E-state index contributed by atoms with van der Waals surface area (Å²) in [6.45, 7) is 2.38. The zero-order chi connectivity index (χ0) is 14.2. The molecule has 5 nitrogen and oxygen atoms in total. The number of aromatic nitrogens is 1. The zero-order valence-electron chi connectivity index (χ0n) is 11.8. The molecule has 2 aliphatic rings. The van der Waals surface area contributed by atoms with Crippen LogP contribution in [0.3, 0.4) is 0 Å². The van der Waals surface area contributed by atoms with Crippen LogP contribution in [0.25, 0.3) is 11.1 Å². The quantitative estimate of drug-likeness (QED) is 0.793. The molecule has 0 saturated carbocycles. The van der Waals surface area contributed by atoms with E-state index in [1.807, 2.05) is 24.3 Å². The highest BCUT2D eigenvalue weighted by Crippen LogP contribution is 2.31. The minimum atomic E-state index is -0.0599. The van der Waals surface area contributed by atoms with Crippen molar-refractivity contribution in [3.8, 4) is 0 Å². The van der Waals surface area contributed by atoms with Gasteiger partial charge in [0.1, 0.15) is 11.6 Å². The molecule has 0 aliphatic carbocycles. The van der Waals surface area contributed by atoms with E-state index in [4.69, 9.17) is 9.15 Å². The van der Waals surface area contributed by atoms with E-state index in [-0.39, 0.29) is 12.0 Å². The first-order valence-corrected chi connectivity index (χ1v) is 7.57. The summed E-state index contributed by atoms with van der Waals surface area (Å²) in [4.78, 5) is 18.5. The maximum Gasteiger partial charge on any atom is 0.323 e. The van der Waals surface area contributed by atoms with Crippen LogP contribution in [0.15, 0.2) is 28.7 Å². The molecule has 21 heavy (non-hydrogen) atoms. The number of hydrogen-bond acceptors (Lipinski definition) is 5. The third-order valence-electron chi connectivity index (χ3n) is 4.54. The fourth-order valence-electron chi connectivity index (χ4n) is 3.34. The number of ether oxygens (including phenoxy) is 1. The minimum Gasteiger partial charge on any atom is -0.464 e. The summed E-state index contributed by atoms with van der Waals surface area (Å²) in [5.74, 6) is 1.13. The third-order valence-corrected chi connectivity index (χ3v) is 4.54. The number of hydrogen-bond donors (Lipinski definition) is 0. The van der Waals surface area contributed by atoms with Crippen LogP contribution < -0.4 is 0 Å². The predicted molar refractivity (Wildman–Crippen MR) is 76.9 cm³/mol. The van der Waals surface area contributed by atoms with E-state index < -0.39 is 0 Å². The summed E-state index contributed by atoms with van der Waals surface area (Å²) in [6, 6.07) is 7.84. The highest BCUT2D eigenvalue weighted by Gasteiger charge is 2.35. The van der Waals surface area contributed by atoms with Crippen molar-refractivity contribution in [2.45, 2.75) is 31.2 Å². The number of carbonyl (C=O) groups is 1. The zero-order valence-corrected chi connectivity index (χ0v) is 11.8. The van der Waals surface area contributed by atoms with E-state index in [1.165, 1.54) is 0 Å². The van der Waals surface area contributed by atoms with Crippen LogP contribution in [-0.2, 0) is 9.53 Å². The Balaban J connectivity index is 1.46. The van der Waals surface area contributed by atoms with Crippen molar-refractivity contribution in [2.24, 2.45) is 0 Å². The number of rotatable bonds is 2. The number of nitrogens with zero attached hydrogens (tertiary/aromatic N) is 2. The minimum absolute atomic E-state index is 0.0328. The van der Waals surface area contributed by atoms with Gasteiger partial charge >= 0.3 is 5.97 Å². The molecule has 0 N–H and O–H groups in total. The Morgan fingerprint density at radius 1 is 1.14 bits per heavy atom. The molecule has 5 heteroatoms. The van der Waals surface area contributed by atoms with Crippen LogP contribution in [0.2, 0.25) is 0 Å². The van der Waals surface area contributed by atoms with Gasteiger partial charge in [0.2, 0.25) is 0 Å². The molecule has 110 valence electrons. The van der Waals surface area contributed by atoms with Crippen LogP contribution >= 0.6 is 0 Å². The molecule has 2 fully saturated rings. The predicted octanol–water partition coefficient (Wildman–Crippen LogP) is 2.32. The Morgan fingerprint density at radius 2 is 1.95 bits per heavy atom. The van der Waals surface area contributed by atoms with E-state index >= 15 is 0 Å². The molecule has 2 aromatic rings. The number of oxazole rings is 1. The van der Waals surface area contributed by atoms with Gasteiger partial charge in [0.25, 0.3) is 0 Å². The number of likely N-dealkylation sites (tertiary alicyclic amines) is 1. The second kappa shape index (κ2) is 5.15. The number of fused-ring (bicyclic) bond motifs is 1. The molecule has 2 aliphatic heterocycles. The molecule has 0 unspecified atom stereocenters. The van der Waals surface area contributed by atoms with Gasteiger partial charge in [-0.2, -0.15) is 0 Å². The molecule has 0 bridgehead atoms. The average molecular weight is 286 g/mol. The van der Waals surface area contributed by atoms with E-state index in [0.29, 0.717) is 12.5 Å². The van der Waals surface area contributed by atoms with Crippen molar-refractivity contribution in [2.75, 3.05) is 19.7 Å². The molecular weight excluding hydrogens is 268 g/mol. The van der Waals surface area contributed by atoms with Gasteiger partial charge in [-0.3, -0.25) is 9.69 Å². The number of carbonyl (C=O) groups excluding carboxylic acids is 1. The van der Waals surface area contributed by atoms with Gasteiger partial charge in [-0.25, -0.2) is 4.98 Å². The van der Waals surface area contributed by atoms with Gasteiger partial charge in [-0.15, -0.1) is 0 Å². The van der Waals surface area contributed by atoms with Crippen molar-refractivity contribution in [3.05, 3.63) is 30.2 Å². The molecule has 4 rings (SSSR count). The molecule has 0 amide bonds. The first-order valence-electron chi connectivity index (χ1n) is 7.57. The molecule has 0 radical (unpaired) electrons. The average Bonchev–Trinajstić information content (AvgIpc) is 3.13. The molecule has 3 heterocycles. The molecule has 0 spiro atoms. The number of benzene rings is 1. The first-order chi connectivity index (χ1) is 10.3. The summed E-state index contributed by atoms with van der Waals surface area (Å²) in [7, 11) is 0. The van der Waals surface area contributed by atoms with Crippen molar-refractivity contribution < 1.29 is 13.9 Å². The molecular formula is C16H18N2O3. The maximum absolute atomic E-state index is 11.6. The van der Waals surface area contributed by atoms with Crippen molar-refractivity contribution in [1.82, 2.24) is 9.88 Å². The first kappa shape index (κ1) is 12.8. The highest BCUT2D eigenvalue weighted by molar-refractivity contribution is 5.77. The van der Waals surface area contributed by atoms with Gasteiger partial charge < -0.3 is 9.15 Å². The van der Waals surface area contributed by atoms with Crippen molar-refractivity contribution in [1.29, 1.82) is 0 Å². The van der Waals surface area contributed by atoms with Crippen LogP contribution in [0.1, 0.15) is 31.1 Å². The number of para-hydroxylation sites is 2. The normalized spacial score (nSPS) is 24.6. The summed E-state index contributed by atoms with van der Waals surface area (Å²) in [5.41, 5.74) is 1.78. The van der Waals surface area contributed by atoms with Gasteiger partial charge in [0.15, 0.2) is 11.5 Å². The van der Waals surface area contributed by atoms with Crippen LogP contribution in [0.4, 0.5) is 0 Å². The fraction of sp³-hybridized carbons (Fsp3) is 0.500. The van der Waals surface area contributed by atoms with E-state index in [2.05, 4.69) is 9.88 Å². The Hall–Kier alpha value is -1.88. The standard InChI is InChI=1S/C16H18N2O3/c19-16-13(7-10-20-16)18-8-5-11(6-9-18)15-17-12-3-1-2-4-14(12)21-15/h1-4,11,13H,5-10H2/t13-/m0/s1. The fourth-order valence-corrected chi connectivity index (χ4v) is 3.34. The summed E-state index contributed by atoms with van der Waals surface area (Å²) >= 11 is 0. The number of piperidine rings is 1. The molecule has 1 aromatic carbocycles. The summed E-state index contributed by atoms with van der Waals surface area (Å²) in [6.07, 6.45) is 2.79. The SMILES string of the molecule is O=C1OCC[C@@H]1N1CCC(c2nc3ccccc3o2)CC1. The maximum atomic E-state index is 11.6. The number of esters is 1. The third kappa shape index (κ3) is 2.31. The lowest BCUT2D eigenvalue weighted by atomic mass is 9.95. The molecule has 1 atom stereocenters. The van der Waals surface area contributed by atoms with E-state index in [9.17, 15) is 4.79 Å². The Bertz CT molecular complexity index is 625. The van der Waals surface area contributed by atoms with Gasteiger partial charge in [0.05, 0.1) is 6.61 Å². The number of cyclic esters (lactones) is 1. The lowest BCUT2D eigenvalue weighted by Crippen LogP contribution is -2.43. The lowest BCUT2D eigenvalue weighted by molar-refractivity contribution is -0.142. The highest BCUT2D eigenvalue weighted by atomic mass is 16.5. The summed E-state index contributed by atoms with van der Waals surface area (Å²) in [5, 5.41) is 0. The Kier molecular flexibility index (Phi) is 3.15. The van der Waals surface area contributed by atoms with E-state index in [1.54, 1.807) is 0 Å². The summed E-state index contributed by atoms with van der Waals surface area (Å²) < 4.78 is 10.9. The van der Waals surface area contributed by atoms with Crippen LogP contribution in [0, 0.1) is 0 Å². The second-order valence-electron chi connectivity index (χ2n) is 5.80. The van der Waals surface area contributed by atoms with Gasteiger partial charge in [0, 0.05) is 12.3 Å². The monoisotopic (exact) mass is 286 g/mol. The Morgan fingerprint density at radius 3 is 2.67 bits per heavy atom. The lowest BCUT2D eigenvalue weighted by Gasteiger charge is -2.32. The van der Waals surface area contributed by atoms with E-state index in [0.717, 1.165) is 49.3 Å². The largest absolute Gasteiger partial charge is 0.464 e. The molecule has 1 aromatic heterocycles. The smallest absolute Gasteiger partial charge is 0.323 e.